The van der Waals surface area contributed by atoms with Crippen LogP contribution < -0.4 is 10.2 Å². The van der Waals surface area contributed by atoms with Crippen molar-refractivity contribution in [3.63, 3.8) is 0 Å². The molecule has 6 heteroatoms. The van der Waals surface area contributed by atoms with Crippen molar-refractivity contribution in [1.82, 2.24) is 9.99 Å². The Bertz CT molecular complexity index is 1190. The summed E-state index contributed by atoms with van der Waals surface area (Å²) < 4.78 is 3.48. The van der Waals surface area contributed by atoms with Crippen LogP contribution in [-0.2, 0) is 6.54 Å². The maximum absolute atomic E-state index is 4.89. The Kier molecular flexibility index (Phi) is 3.61. The van der Waals surface area contributed by atoms with Gasteiger partial charge in [0.2, 0.25) is 0 Å². The molecule has 125 valence electrons. The topological polar surface area (TPSA) is 56.1 Å². The van der Waals surface area contributed by atoms with Gasteiger partial charge in [0.1, 0.15) is 11.4 Å². The van der Waals surface area contributed by atoms with E-state index in [4.69, 9.17) is 4.99 Å². The van der Waals surface area contributed by atoms with Crippen molar-refractivity contribution in [2.45, 2.75) is 6.54 Å². The Labute approximate surface area is 154 Å². The van der Waals surface area contributed by atoms with E-state index in [1.807, 2.05) is 24.3 Å². The van der Waals surface area contributed by atoms with Gasteiger partial charge >= 0.3 is 0 Å². The van der Waals surface area contributed by atoms with Gasteiger partial charge < -0.3 is 4.57 Å². The predicted molar refractivity (Wildman–Crippen MR) is 103 cm³/mol. The second-order valence-electron chi connectivity index (χ2n) is 6.00. The van der Waals surface area contributed by atoms with Gasteiger partial charge in [-0.25, -0.2) is 4.99 Å². The molecule has 1 aliphatic heterocycles. The molecule has 4 aromatic rings. The number of hydrogen-bond acceptors (Lipinski definition) is 4. The number of thiazole rings is 1. The van der Waals surface area contributed by atoms with Crippen LogP contribution in [0.3, 0.4) is 0 Å². The maximum atomic E-state index is 4.89. The molecule has 2 heterocycles. The lowest BCUT2D eigenvalue weighted by Crippen LogP contribution is -2.15. The van der Waals surface area contributed by atoms with E-state index >= 15 is 0 Å². The number of rotatable bonds is 3. The molecule has 1 aromatic heterocycles. The van der Waals surface area contributed by atoms with Gasteiger partial charge in [-0.15, -0.1) is 10.5 Å². The average molecular weight is 356 g/mol. The molecule has 1 aliphatic rings. The van der Waals surface area contributed by atoms with Crippen LogP contribution in [0.15, 0.2) is 88.1 Å². The van der Waals surface area contributed by atoms with Gasteiger partial charge in [-0.3, -0.25) is 0 Å². The average Bonchev–Trinajstić information content (AvgIpc) is 3.27. The molecule has 1 radical (unpaired) electrons. The molecular formula is C20H14N5S. The standard InChI is InChI=1S/C20H14N5S/c1-2-6-14(7-3-1)13-25-18-8-4-5-9-19(18)26-20(25)21-15-10-11-16-17(12-15)23-24-22-16/h1-12H,13H2. The first-order valence-corrected chi connectivity index (χ1v) is 9.11. The molecule has 0 spiro atoms. The third-order valence-electron chi connectivity index (χ3n) is 4.26. The van der Waals surface area contributed by atoms with Crippen LogP contribution >= 0.6 is 11.3 Å². The van der Waals surface area contributed by atoms with Gasteiger partial charge in [-0.2, -0.15) is 0 Å². The fourth-order valence-corrected chi connectivity index (χ4v) is 4.05. The smallest absolute Gasteiger partial charge is 0.191 e. The zero-order chi connectivity index (χ0) is 17.3. The molecule has 5 rings (SSSR count). The highest BCUT2D eigenvalue weighted by atomic mass is 32.1. The first kappa shape index (κ1) is 15.0. The fraction of sp³-hybridized carbons (Fsp3) is 0.0500. The lowest BCUT2D eigenvalue weighted by molar-refractivity contribution is 0.800. The molecule has 0 bridgehead atoms. The van der Waals surface area contributed by atoms with Gasteiger partial charge in [0.05, 0.1) is 22.4 Å². The molecular weight excluding hydrogens is 342 g/mol. The molecule has 0 unspecified atom stereocenters. The Morgan fingerprint density at radius 3 is 2.65 bits per heavy atom. The van der Waals surface area contributed by atoms with E-state index in [1.54, 1.807) is 11.3 Å². The van der Waals surface area contributed by atoms with Crippen LogP contribution in [0.1, 0.15) is 5.56 Å². The lowest BCUT2D eigenvalue weighted by atomic mass is 10.2. The third-order valence-corrected chi connectivity index (χ3v) is 5.32. The van der Waals surface area contributed by atoms with Crippen molar-refractivity contribution in [3.8, 4) is 0 Å². The van der Waals surface area contributed by atoms with Crippen molar-refractivity contribution in [2.75, 3.05) is 0 Å². The highest BCUT2D eigenvalue weighted by Gasteiger charge is 2.11. The molecule has 0 N–H and O–H groups in total. The van der Waals surface area contributed by atoms with Crippen molar-refractivity contribution >= 4 is 38.6 Å². The zero-order valence-corrected chi connectivity index (χ0v) is 14.6. The highest BCUT2D eigenvalue weighted by Crippen LogP contribution is 2.33. The first-order chi connectivity index (χ1) is 12.9. The van der Waals surface area contributed by atoms with E-state index in [2.05, 4.69) is 68.9 Å². The van der Waals surface area contributed by atoms with Crippen LogP contribution in [-0.4, -0.2) is 4.57 Å². The molecule has 0 atom stereocenters. The number of fused-ring (bicyclic) bond motifs is 2. The van der Waals surface area contributed by atoms with Gasteiger partial charge in [-0.1, -0.05) is 53.8 Å². The van der Waals surface area contributed by atoms with E-state index in [1.165, 1.54) is 15.8 Å². The Morgan fingerprint density at radius 1 is 0.885 bits per heavy atom. The van der Waals surface area contributed by atoms with Crippen molar-refractivity contribution in [2.24, 2.45) is 15.3 Å². The van der Waals surface area contributed by atoms with E-state index in [-0.39, 0.29) is 0 Å². The molecule has 26 heavy (non-hydrogen) atoms. The second-order valence-corrected chi connectivity index (χ2v) is 7.01. The minimum Gasteiger partial charge on any atom is -0.312 e. The van der Waals surface area contributed by atoms with E-state index in [0.29, 0.717) is 0 Å². The lowest BCUT2D eigenvalue weighted by Gasteiger charge is -2.05. The first-order valence-electron chi connectivity index (χ1n) is 8.30. The Balaban J connectivity index is 1.66. The van der Waals surface area contributed by atoms with Crippen molar-refractivity contribution in [1.29, 1.82) is 0 Å². The Hall–Kier alpha value is -3.25. The summed E-state index contributed by atoms with van der Waals surface area (Å²) in [6.07, 6.45) is 0. The number of para-hydroxylation sites is 1. The van der Waals surface area contributed by atoms with Crippen LogP contribution in [0.4, 0.5) is 17.1 Å². The zero-order valence-electron chi connectivity index (χ0n) is 13.8. The predicted octanol–water partition coefficient (Wildman–Crippen LogP) is 5.23. The number of benzene rings is 3. The van der Waals surface area contributed by atoms with Crippen LogP contribution in [0.5, 0.6) is 0 Å². The molecule has 0 saturated heterocycles. The third kappa shape index (κ3) is 2.70. The number of aromatic nitrogens is 1. The van der Waals surface area contributed by atoms with Crippen LogP contribution in [0.2, 0.25) is 0 Å². The van der Waals surface area contributed by atoms with Gasteiger partial charge in [0.15, 0.2) is 4.80 Å². The molecule has 0 aliphatic carbocycles. The van der Waals surface area contributed by atoms with Crippen LogP contribution in [0, 0.1) is 0 Å². The van der Waals surface area contributed by atoms with Gasteiger partial charge in [0.25, 0.3) is 0 Å². The van der Waals surface area contributed by atoms with E-state index in [0.717, 1.165) is 28.4 Å². The molecule has 0 fully saturated rings. The summed E-state index contributed by atoms with van der Waals surface area (Å²) >= 11 is 1.69. The van der Waals surface area contributed by atoms with E-state index < -0.39 is 0 Å². The number of nitrogens with zero attached hydrogens (tertiary/aromatic N) is 5. The normalized spacial score (nSPS) is 13.2. The van der Waals surface area contributed by atoms with Gasteiger partial charge in [-0.05, 0) is 41.1 Å². The van der Waals surface area contributed by atoms with Crippen molar-refractivity contribution < 1.29 is 0 Å². The SMILES string of the molecule is c1ccc(Cn2c(=Nc3ccc4c(c3)[N]N=N4)sc3ccccc32)cc1. The molecule has 0 saturated carbocycles. The van der Waals surface area contributed by atoms with Crippen molar-refractivity contribution in [3.05, 3.63) is 83.2 Å². The molecule has 3 aromatic carbocycles. The molecule has 0 amide bonds. The minimum absolute atomic E-state index is 0.766. The summed E-state index contributed by atoms with van der Waals surface area (Å²) in [4.78, 5) is 5.85. The summed E-state index contributed by atoms with van der Waals surface area (Å²) in [5.74, 6) is 0. The summed E-state index contributed by atoms with van der Waals surface area (Å²) in [6, 6.07) is 24.6. The van der Waals surface area contributed by atoms with E-state index in [9.17, 15) is 0 Å². The summed E-state index contributed by atoms with van der Waals surface area (Å²) in [5.41, 5.74) is 8.88. The quantitative estimate of drug-likeness (QED) is 0.482. The largest absolute Gasteiger partial charge is 0.312 e. The monoisotopic (exact) mass is 356 g/mol. The Morgan fingerprint density at radius 2 is 1.73 bits per heavy atom. The fourth-order valence-electron chi connectivity index (χ4n) is 3.00. The second kappa shape index (κ2) is 6.24. The maximum Gasteiger partial charge on any atom is 0.191 e. The van der Waals surface area contributed by atoms with Gasteiger partial charge in [0, 0.05) is 0 Å². The highest BCUT2D eigenvalue weighted by molar-refractivity contribution is 7.16. The molecule has 5 nitrogen and oxygen atoms in total. The summed E-state index contributed by atoms with van der Waals surface area (Å²) in [5, 5.41) is 7.68. The number of hydrogen-bond donors (Lipinski definition) is 0. The van der Waals surface area contributed by atoms with Crippen LogP contribution in [0.25, 0.3) is 10.2 Å². The summed E-state index contributed by atoms with van der Waals surface area (Å²) in [6.45, 7) is 0.781. The minimum atomic E-state index is 0.766. The summed E-state index contributed by atoms with van der Waals surface area (Å²) in [7, 11) is 0.